The van der Waals surface area contributed by atoms with Crippen molar-refractivity contribution in [1.29, 1.82) is 0 Å². The summed E-state index contributed by atoms with van der Waals surface area (Å²) in [7, 11) is 0. The van der Waals surface area contributed by atoms with Crippen LogP contribution in [0.1, 0.15) is 26.2 Å². The van der Waals surface area contributed by atoms with Crippen LogP contribution in [0.2, 0.25) is 5.02 Å². The lowest BCUT2D eigenvalue weighted by Crippen LogP contribution is -2.16. The molecule has 2 nitrogen and oxygen atoms in total. The predicted molar refractivity (Wildman–Crippen MR) is 59.7 cm³/mol. The SMILES string of the molecule is CC(CC1CC1)Nc1cnccc1Cl. The fourth-order valence-corrected chi connectivity index (χ4v) is 1.82. The third-order valence-electron chi connectivity index (χ3n) is 2.55. The Balaban J connectivity index is 1.91. The molecule has 0 bridgehead atoms. The van der Waals surface area contributed by atoms with Gasteiger partial charge < -0.3 is 5.32 Å². The van der Waals surface area contributed by atoms with Crippen LogP contribution in [0.5, 0.6) is 0 Å². The summed E-state index contributed by atoms with van der Waals surface area (Å²) in [5.74, 6) is 0.938. The first-order valence-electron chi connectivity index (χ1n) is 5.12. The van der Waals surface area contributed by atoms with Crippen LogP contribution in [-0.4, -0.2) is 11.0 Å². The third-order valence-corrected chi connectivity index (χ3v) is 2.88. The minimum atomic E-state index is 0.490. The molecule has 0 saturated heterocycles. The van der Waals surface area contributed by atoms with Crippen molar-refractivity contribution in [2.45, 2.75) is 32.2 Å². The number of nitrogens with one attached hydrogen (secondary N) is 1. The van der Waals surface area contributed by atoms with Gasteiger partial charge in [0.15, 0.2) is 0 Å². The van der Waals surface area contributed by atoms with Crippen LogP contribution in [0, 0.1) is 5.92 Å². The first-order valence-corrected chi connectivity index (χ1v) is 5.49. The van der Waals surface area contributed by atoms with Crippen molar-refractivity contribution in [1.82, 2.24) is 4.98 Å². The average Bonchev–Trinajstić information content (AvgIpc) is 2.93. The van der Waals surface area contributed by atoms with Crippen LogP contribution in [0.3, 0.4) is 0 Å². The monoisotopic (exact) mass is 210 g/mol. The minimum absolute atomic E-state index is 0.490. The van der Waals surface area contributed by atoms with Crippen LogP contribution in [-0.2, 0) is 0 Å². The zero-order chi connectivity index (χ0) is 9.97. The van der Waals surface area contributed by atoms with Gasteiger partial charge in [-0.05, 0) is 25.3 Å². The molecule has 2 rings (SSSR count). The van der Waals surface area contributed by atoms with Gasteiger partial charge in [-0.3, -0.25) is 4.98 Å². The van der Waals surface area contributed by atoms with Gasteiger partial charge in [-0.25, -0.2) is 0 Å². The molecular weight excluding hydrogens is 196 g/mol. The molecule has 1 aromatic heterocycles. The maximum Gasteiger partial charge on any atom is 0.0718 e. The van der Waals surface area contributed by atoms with E-state index < -0.39 is 0 Å². The van der Waals surface area contributed by atoms with Crippen LogP contribution >= 0.6 is 11.6 Å². The first kappa shape index (κ1) is 9.78. The number of pyridine rings is 1. The maximum atomic E-state index is 6.02. The number of anilines is 1. The molecule has 1 N–H and O–H groups in total. The Morgan fingerprint density at radius 1 is 1.64 bits per heavy atom. The van der Waals surface area contributed by atoms with Crippen molar-refractivity contribution < 1.29 is 0 Å². The molecule has 1 heterocycles. The summed E-state index contributed by atoms with van der Waals surface area (Å²) in [6.45, 7) is 2.20. The van der Waals surface area contributed by atoms with E-state index >= 15 is 0 Å². The van der Waals surface area contributed by atoms with Crippen molar-refractivity contribution in [2.75, 3.05) is 5.32 Å². The Hall–Kier alpha value is -0.760. The van der Waals surface area contributed by atoms with Crippen LogP contribution in [0.25, 0.3) is 0 Å². The summed E-state index contributed by atoms with van der Waals surface area (Å²) in [4.78, 5) is 4.05. The van der Waals surface area contributed by atoms with Crippen LogP contribution in [0.15, 0.2) is 18.5 Å². The molecule has 1 aliphatic rings. The van der Waals surface area contributed by atoms with E-state index in [9.17, 15) is 0 Å². The first-order chi connectivity index (χ1) is 6.75. The maximum absolute atomic E-state index is 6.02. The largest absolute Gasteiger partial charge is 0.380 e. The molecule has 1 aromatic rings. The van der Waals surface area contributed by atoms with Gasteiger partial charge in [0.2, 0.25) is 0 Å². The fraction of sp³-hybridized carbons (Fsp3) is 0.545. The smallest absolute Gasteiger partial charge is 0.0718 e. The van der Waals surface area contributed by atoms with E-state index in [0.717, 1.165) is 16.6 Å². The van der Waals surface area contributed by atoms with Gasteiger partial charge in [0.1, 0.15) is 0 Å². The van der Waals surface area contributed by atoms with E-state index in [1.165, 1.54) is 19.3 Å². The topological polar surface area (TPSA) is 24.9 Å². The van der Waals surface area contributed by atoms with Gasteiger partial charge in [-0.1, -0.05) is 24.4 Å². The summed E-state index contributed by atoms with van der Waals surface area (Å²) in [5.41, 5.74) is 0.947. The average molecular weight is 211 g/mol. The molecule has 1 saturated carbocycles. The van der Waals surface area contributed by atoms with Gasteiger partial charge in [0, 0.05) is 12.2 Å². The van der Waals surface area contributed by atoms with Crippen molar-refractivity contribution in [3.63, 3.8) is 0 Å². The standard InChI is InChI=1S/C11H15ClN2/c1-8(6-9-2-3-9)14-11-7-13-5-4-10(11)12/h4-5,7-9,14H,2-3,6H2,1H3. The molecule has 1 aliphatic carbocycles. The molecule has 0 radical (unpaired) electrons. The van der Waals surface area contributed by atoms with Crippen LogP contribution < -0.4 is 5.32 Å². The molecule has 0 spiro atoms. The number of hydrogen-bond acceptors (Lipinski definition) is 2. The lowest BCUT2D eigenvalue weighted by Gasteiger charge is -2.15. The minimum Gasteiger partial charge on any atom is -0.380 e. The van der Waals surface area contributed by atoms with E-state index in [4.69, 9.17) is 11.6 Å². The molecule has 0 aromatic carbocycles. The lowest BCUT2D eigenvalue weighted by molar-refractivity contribution is 0.642. The Morgan fingerprint density at radius 2 is 2.43 bits per heavy atom. The predicted octanol–water partition coefficient (Wildman–Crippen LogP) is 3.34. The van der Waals surface area contributed by atoms with Crippen molar-refractivity contribution in [3.05, 3.63) is 23.5 Å². The molecule has 1 unspecified atom stereocenters. The Kier molecular flexibility index (Phi) is 2.92. The third kappa shape index (κ3) is 2.61. The lowest BCUT2D eigenvalue weighted by atomic mass is 10.1. The Labute approximate surface area is 89.7 Å². The highest BCUT2D eigenvalue weighted by Gasteiger charge is 2.23. The van der Waals surface area contributed by atoms with E-state index in [1.54, 1.807) is 12.4 Å². The highest BCUT2D eigenvalue weighted by Crippen LogP contribution is 2.34. The molecule has 0 amide bonds. The van der Waals surface area contributed by atoms with E-state index in [0.29, 0.717) is 6.04 Å². The number of nitrogens with zero attached hydrogens (tertiary/aromatic N) is 1. The van der Waals surface area contributed by atoms with Crippen molar-refractivity contribution in [3.8, 4) is 0 Å². The van der Waals surface area contributed by atoms with Crippen molar-refractivity contribution >= 4 is 17.3 Å². The Morgan fingerprint density at radius 3 is 3.07 bits per heavy atom. The second-order valence-electron chi connectivity index (χ2n) is 4.08. The molecule has 1 atom stereocenters. The van der Waals surface area contributed by atoms with E-state index in [2.05, 4.69) is 17.2 Å². The van der Waals surface area contributed by atoms with Gasteiger partial charge in [-0.15, -0.1) is 0 Å². The van der Waals surface area contributed by atoms with Gasteiger partial charge in [0.05, 0.1) is 16.9 Å². The normalized spacial score (nSPS) is 17.9. The second kappa shape index (κ2) is 4.18. The van der Waals surface area contributed by atoms with Gasteiger partial charge in [-0.2, -0.15) is 0 Å². The highest BCUT2D eigenvalue weighted by molar-refractivity contribution is 6.33. The summed E-state index contributed by atoms with van der Waals surface area (Å²) in [5, 5.41) is 4.14. The van der Waals surface area contributed by atoms with Crippen molar-refractivity contribution in [2.24, 2.45) is 5.92 Å². The summed E-state index contributed by atoms with van der Waals surface area (Å²) in [6.07, 6.45) is 7.52. The zero-order valence-electron chi connectivity index (χ0n) is 8.33. The summed E-state index contributed by atoms with van der Waals surface area (Å²) < 4.78 is 0. The molecule has 0 aliphatic heterocycles. The number of hydrogen-bond donors (Lipinski definition) is 1. The van der Waals surface area contributed by atoms with Crippen LogP contribution in [0.4, 0.5) is 5.69 Å². The Bertz CT molecular complexity index is 310. The fourth-order valence-electron chi connectivity index (χ4n) is 1.66. The highest BCUT2D eigenvalue weighted by atomic mass is 35.5. The molecule has 1 fully saturated rings. The summed E-state index contributed by atoms with van der Waals surface area (Å²) in [6, 6.07) is 2.30. The number of aromatic nitrogens is 1. The zero-order valence-corrected chi connectivity index (χ0v) is 9.09. The van der Waals surface area contributed by atoms with Gasteiger partial charge >= 0.3 is 0 Å². The molecular formula is C11H15ClN2. The molecule has 14 heavy (non-hydrogen) atoms. The quantitative estimate of drug-likeness (QED) is 0.825. The number of rotatable bonds is 4. The van der Waals surface area contributed by atoms with E-state index in [1.807, 2.05) is 6.07 Å². The molecule has 3 heteroatoms. The number of halogens is 1. The second-order valence-corrected chi connectivity index (χ2v) is 4.49. The molecule has 76 valence electrons. The summed E-state index contributed by atoms with van der Waals surface area (Å²) >= 11 is 6.02. The van der Waals surface area contributed by atoms with Gasteiger partial charge in [0.25, 0.3) is 0 Å². The van der Waals surface area contributed by atoms with E-state index in [-0.39, 0.29) is 0 Å².